The fraction of sp³-hybridized carbons (Fsp3) is 0.231. The molecule has 0 unspecified atom stereocenters. The van der Waals surface area contributed by atoms with Crippen LogP contribution in [-0.4, -0.2) is 19.0 Å². The largest absolute Gasteiger partial charge is 0.487 e. The maximum absolute atomic E-state index is 11.7. The minimum Gasteiger partial charge on any atom is -0.487 e. The molecule has 1 aromatic heterocycles. The van der Waals surface area contributed by atoms with E-state index in [0.717, 1.165) is 0 Å². The van der Waals surface area contributed by atoms with Crippen LogP contribution in [0.1, 0.15) is 17.3 Å². The number of fused-ring (bicyclic) bond motifs is 2. The lowest BCUT2D eigenvalue weighted by atomic mass is 10.1. The zero-order chi connectivity index (χ0) is 12.7. The summed E-state index contributed by atoms with van der Waals surface area (Å²) in [5, 5.41) is 0.649. The van der Waals surface area contributed by atoms with E-state index in [1.807, 2.05) is 6.92 Å². The van der Waals surface area contributed by atoms with Gasteiger partial charge in [0.05, 0.1) is 12.2 Å². The highest BCUT2D eigenvalue weighted by Gasteiger charge is 2.28. The van der Waals surface area contributed by atoms with Crippen LogP contribution in [0.5, 0.6) is 11.5 Å². The highest BCUT2D eigenvalue weighted by Crippen LogP contribution is 2.41. The van der Waals surface area contributed by atoms with Crippen molar-refractivity contribution >= 4 is 16.8 Å². The Morgan fingerprint density at radius 2 is 2.17 bits per heavy atom. The zero-order valence-corrected chi connectivity index (χ0v) is 9.69. The van der Waals surface area contributed by atoms with Gasteiger partial charge in [0.1, 0.15) is 0 Å². The van der Waals surface area contributed by atoms with Crippen LogP contribution in [-0.2, 0) is 0 Å². The third-order valence-electron chi connectivity index (χ3n) is 2.76. The van der Waals surface area contributed by atoms with Crippen molar-refractivity contribution in [2.45, 2.75) is 6.92 Å². The fourth-order valence-corrected chi connectivity index (χ4v) is 2.01. The molecule has 0 atom stereocenters. The SMILES string of the molecule is CCOc1c2c(cc3ccc(=O)oc13)C(=O)CO2. The van der Waals surface area contributed by atoms with Crippen LogP contribution in [0.15, 0.2) is 27.4 Å². The molecular weight excluding hydrogens is 236 g/mol. The van der Waals surface area contributed by atoms with E-state index in [9.17, 15) is 9.59 Å². The average Bonchev–Trinajstić information content (AvgIpc) is 2.72. The van der Waals surface area contributed by atoms with E-state index in [1.165, 1.54) is 6.07 Å². The normalized spacial score (nSPS) is 13.5. The van der Waals surface area contributed by atoms with Crippen molar-refractivity contribution in [3.63, 3.8) is 0 Å². The Hall–Kier alpha value is -2.30. The Balaban J connectivity index is 2.40. The van der Waals surface area contributed by atoms with Gasteiger partial charge in [-0.1, -0.05) is 0 Å². The predicted molar refractivity (Wildman–Crippen MR) is 63.5 cm³/mol. The Bertz CT molecular complexity index is 698. The lowest BCUT2D eigenvalue weighted by Crippen LogP contribution is -2.00. The molecule has 2 aromatic rings. The summed E-state index contributed by atoms with van der Waals surface area (Å²) in [6.07, 6.45) is 0. The number of hydrogen-bond donors (Lipinski definition) is 0. The molecule has 0 radical (unpaired) electrons. The summed E-state index contributed by atoms with van der Waals surface area (Å²) in [6, 6.07) is 4.58. The van der Waals surface area contributed by atoms with Gasteiger partial charge >= 0.3 is 5.63 Å². The first kappa shape index (κ1) is 10.8. The second-order valence-corrected chi connectivity index (χ2v) is 3.90. The number of rotatable bonds is 2. The number of carbonyl (C=O) groups is 1. The van der Waals surface area contributed by atoms with E-state index >= 15 is 0 Å². The minimum absolute atomic E-state index is 0.00401. The topological polar surface area (TPSA) is 65.7 Å². The molecule has 5 heteroatoms. The number of carbonyl (C=O) groups excluding carboxylic acids is 1. The molecule has 1 aliphatic heterocycles. The maximum atomic E-state index is 11.7. The Morgan fingerprint density at radius 1 is 1.33 bits per heavy atom. The van der Waals surface area contributed by atoms with Gasteiger partial charge in [-0.05, 0) is 19.1 Å². The molecule has 1 aromatic carbocycles. The first-order chi connectivity index (χ1) is 8.70. The van der Waals surface area contributed by atoms with E-state index in [4.69, 9.17) is 13.9 Å². The van der Waals surface area contributed by atoms with Crippen molar-refractivity contribution in [2.75, 3.05) is 13.2 Å². The molecule has 0 aliphatic carbocycles. The summed E-state index contributed by atoms with van der Waals surface area (Å²) >= 11 is 0. The van der Waals surface area contributed by atoms with E-state index in [-0.39, 0.29) is 12.4 Å². The average molecular weight is 246 g/mol. The first-order valence-corrected chi connectivity index (χ1v) is 5.60. The number of ketones is 1. The molecule has 2 heterocycles. The van der Waals surface area contributed by atoms with Gasteiger partial charge in [-0.25, -0.2) is 4.79 Å². The molecule has 1 aliphatic rings. The molecule has 0 spiro atoms. The summed E-state index contributed by atoms with van der Waals surface area (Å²) in [4.78, 5) is 22.9. The van der Waals surface area contributed by atoms with Gasteiger partial charge in [0.25, 0.3) is 0 Å². The first-order valence-electron chi connectivity index (χ1n) is 5.60. The zero-order valence-electron chi connectivity index (χ0n) is 9.69. The van der Waals surface area contributed by atoms with Crippen molar-refractivity contribution < 1.29 is 18.7 Å². The van der Waals surface area contributed by atoms with Gasteiger partial charge in [-0.15, -0.1) is 0 Å². The lowest BCUT2D eigenvalue weighted by molar-refractivity contribution is 0.0960. The van der Waals surface area contributed by atoms with Crippen molar-refractivity contribution in [3.8, 4) is 11.5 Å². The van der Waals surface area contributed by atoms with Gasteiger partial charge in [0.2, 0.25) is 11.5 Å². The molecule has 0 bridgehead atoms. The second kappa shape index (κ2) is 3.87. The van der Waals surface area contributed by atoms with Gasteiger partial charge in [-0.3, -0.25) is 4.79 Å². The number of ether oxygens (including phenoxy) is 2. The highest BCUT2D eigenvalue weighted by molar-refractivity contribution is 6.07. The van der Waals surface area contributed by atoms with Crippen molar-refractivity contribution in [2.24, 2.45) is 0 Å². The van der Waals surface area contributed by atoms with Gasteiger partial charge in [0.15, 0.2) is 17.9 Å². The molecule has 0 saturated carbocycles. The van der Waals surface area contributed by atoms with Gasteiger partial charge < -0.3 is 13.9 Å². The smallest absolute Gasteiger partial charge is 0.336 e. The van der Waals surface area contributed by atoms with Crippen LogP contribution in [0.4, 0.5) is 0 Å². The molecule has 0 N–H and O–H groups in total. The lowest BCUT2D eigenvalue weighted by Gasteiger charge is -2.09. The van der Waals surface area contributed by atoms with Crippen molar-refractivity contribution in [1.82, 2.24) is 0 Å². The summed E-state index contributed by atoms with van der Waals surface area (Å²) < 4.78 is 15.9. The van der Waals surface area contributed by atoms with Gasteiger partial charge in [-0.2, -0.15) is 0 Å². The third-order valence-corrected chi connectivity index (χ3v) is 2.76. The van der Waals surface area contributed by atoms with E-state index in [0.29, 0.717) is 34.6 Å². The van der Waals surface area contributed by atoms with Crippen molar-refractivity contribution in [1.29, 1.82) is 0 Å². The van der Waals surface area contributed by atoms with Crippen LogP contribution in [0.3, 0.4) is 0 Å². The number of Topliss-reactive ketones (excluding diaryl/α,β-unsaturated/α-hetero) is 1. The summed E-state index contributed by atoms with van der Waals surface area (Å²) in [5.74, 6) is 0.594. The van der Waals surface area contributed by atoms with Crippen LogP contribution in [0.25, 0.3) is 11.0 Å². The predicted octanol–water partition coefficient (Wildman–Crippen LogP) is 1.77. The summed E-state index contributed by atoms with van der Waals surface area (Å²) in [5.41, 5.74) is 0.324. The molecular formula is C13H10O5. The van der Waals surface area contributed by atoms with E-state index < -0.39 is 5.63 Å². The van der Waals surface area contributed by atoms with Crippen molar-refractivity contribution in [3.05, 3.63) is 34.2 Å². The monoisotopic (exact) mass is 246 g/mol. The molecule has 0 saturated heterocycles. The molecule has 5 nitrogen and oxygen atoms in total. The van der Waals surface area contributed by atoms with Crippen LogP contribution >= 0.6 is 0 Å². The fourth-order valence-electron chi connectivity index (χ4n) is 2.01. The third kappa shape index (κ3) is 1.48. The van der Waals surface area contributed by atoms with Gasteiger partial charge in [0, 0.05) is 11.5 Å². The molecule has 0 fully saturated rings. The molecule has 0 amide bonds. The summed E-state index contributed by atoms with van der Waals surface area (Å²) in [6.45, 7) is 2.20. The molecule has 3 rings (SSSR count). The Labute approximate surface area is 102 Å². The number of hydrogen-bond acceptors (Lipinski definition) is 5. The Kier molecular flexibility index (Phi) is 2.33. The number of benzene rings is 1. The van der Waals surface area contributed by atoms with Crippen LogP contribution in [0, 0.1) is 0 Å². The molecule has 92 valence electrons. The van der Waals surface area contributed by atoms with Crippen LogP contribution < -0.4 is 15.1 Å². The molecule has 18 heavy (non-hydrogen) atoms. The minimum atomic E-state index is -0.465. The van der Waals surface area contributed by atoms with E-state index in [1.54, 1.807) is 12.1 Å². The standard InChI is InChI=1S/C13H10O5/c1-2-16-13-11-7(3-4-10(15)18-11)5-8-9(14)6-17-12(8)13/h3-5H,2,6H2,1H3. The summed E-state index contributed by atoms with van der Waals surface area (Å²) in [7, 11) is 0. The maximum Gasteiger partial charge on any atom is 0.336 e. The highest BCUT2D eigenvalue weighted by atomic mass is 16.5. The van der Waals surface area contributed by atoms with Crippen LogP contribution in [0.2, 0.25) is 0 Å². The van der Waals surface area contributed by atoms with E-state index in [2.05, 4.69) is 0 Å². The quantitative estimate of drug-likeness (QED) is 0.755. The second-order valence-electron chi connectivity index (χ2n) is 3.90. The Morgan fingerprint density at radius 3 is 2.94 bits per heavy atom.